The van der Waals surface area contributed by atoms with Gasteiger partial charge in [-0.1, -0.05) is 13.0 Å². The van der Waals surface area contributed by atoms with Crippen molar-refractivity contribution < 1.29 is 14.7 Å². The molecular formula is C17H23N3O3. The molecule has 0 radical (unpaired) electrons. The van der Waals surface area contributed by atoms with E-state index in [2.05, 4.69) is 5.32 Å². The van der Waals surface area contributed by atoms with Crippen LogP contribution in [0, 0.1) is 11.8 Å². The molecule has 3 rings (SSSR count). The Hall–Kier alpha value is -2.08. The normalized spacial score (nSPS) is 20.0. The van der Waals surface area contributed by atoms with Crippen LogP contribution in [0.3, 0.4) is 0 Å². The van der Waals surface area contributed by atoms with Gasteiger partial charge in [-0.25, -0.2) is 0 Å². The molecule has 0 aliphatic carbocycles. The third-order valence-corrected chi connectivity index (χ3v) is 4.88. The molecule has 6 nitrogen and oxygen atoms in total. The number of amides is 2. The highest BCUT2D eigenvalue weighted by molar-refractivity contribution is 5.94. The zero-order valence-corrected chi connectivity index (χ0v) is 13.4. The molecule has 0 saturated carbocycles. The molecule has 2 aliphatic heterocycles. The third-order valence-electron chi connectivity index (χ3n) is 4.88. The summed E-state index contributed by atoms with van der Waals surface area (Å²) in [6.07, 6.45) is 0. The molecule has 6 heteroatoms. The Kier molecular flexibility index (Phi) is 4.52. The maximum atomic E-state index is 12.5. The van der Waals surface area contributed by atoms with Crippen molar-refractivity contribution in [1.82, 2.24) is 15.1 Å². The van der Waals surface area contributed by atoms with Gasteiger partial charge in [0.15, 0.2) is 0 Å². The number of nitrogens with one attached hydrogen (secondary N) is 1. The van der Waals surface area contributed by atoms with Crippen LogP contribution in [-0.4, -0.2) is 66.0 Å². The highest BCUT2D eigenvalue weighted by Gasteiger charge is 2.33. The van der Waals surface area contributed by atoms with Gasteiger partial charge >= 0.3 is 0 Å². The van der Waals surface area contributed by atoms with Crippen molar-refractivity contribution in [2.45, 2.75) is 6.92 Å². The molecule has 0 aromatic heterocycles. The monoisotopic (exact) mass is 317 g/mol. The van der Waals surface area contributed by atoms with Gasteiger partial charge in [-0.3, -0.25) is 9.59 Å². The fourth-order valence-corrected chi connectivity index (χ4v) is 3.11. The summed E-state index contributed by atoms with van der Waals surface area (Å²) < 4.78 is 0. The van der Waals surface area contributed by atoms with Crippen LogP contribution in [0.2, 0.25) is 0 Å². The summed E-state index contributed by atoms with van der Waals surface area (Å²) in [4.78, 5) is 28.5. The molecule has 0 spiro atoms. The number of piperazine rings is 1. The van der Waals surface area contributed by atoms with Gasteiger partial charge in [0.05, 0.1) is 0 Å². The highest BCUT2D eigenvalue weighted by Crippen LogP contribution is 2.20. The van der Waals surface area contributed by atoms with Crippen LogP contribution in [0.5, 0.6) is 5.75 Å². The van der Waals surface area contributed by atoms with Gasteiger partial charge in [-0.15, -0.1) is 0 Å². The average molecular weight is 317 g/mol. The van der Waals surface area contributed by atoms with Gasteiger partial charge in [-0.2, -0.15) is 0 Å². The van der Waals surface area contributed by atoms with Gasteiger partial charge in [0.2, 0.25) is 5.91 Å². The van der Waals surface area contributed by atoms with E-state index < -0.39 is 0 Å². The van der Waals surface area contributed by atoms with E-state index in [9.17, 15) is 14.7 Å². The van der Waals surface area contributed by atoms with E-state index in [4.69, 9.17) is 0 Å². The van der Waals surface area contributed by atoms with Crippen molar-refractivity contribution in [3.05, 3.63) is 29.8 Å². The number of hydrogen-bond donors (Lipinski definition) is 2. The van der Waals surface area contributed by atoms with E-state index in [0.717, 1.165) is 13.1 Å². The minimum atomic E-state index is -0.0933. The summed E-state index contributed by atoms with van der Waals surface area (Å²) in [5, 5.41) is 12.7. The number of aromatic hydroxyl groups is 1. The van der Waals surface area contributed by atoms with Gasteiger partial charge in [0.25, 0.3) is 5.91 Å². The second-order valence-electron chi connectivity index (χ2n) is 6.37. The van der Waals surface area contributed by atoms with Crippen LogP contribution >= 0.6 is 0 Å². The van der Waals surface area contributed by atoms with Crippen molar-refractivity contribution in [2.75, 3.05) is 39.3 Å². The summed E-state index contributed by atoms with van der Waals surface area (Å²) in [6.45, 7) is 6.07. The van der Waals surface area contributed by atoms with Crippen LogP contribution in [-0.2, 0) is 4.79 Å². The third kappa shape index (κ3) is 3.32. The predicted molar refractivity (Wildman–Crippen MR) is 86.1 cm³/mol. The van der Waals surface area contributed by atoms with Gasteiger partial charge in [0, 0.05) is 37.7 Å². The molecule has 2 saturated heterocycles. The number of rotatable bonds is 3. The van der Waals surface area contributed by atoms with E-state index in [0.29, 0.717) is 37.7 Å². The molecule has 23 heavy (non-hydrogen) atoms. The molecule has 1 aromatic carbocycles. The Labute approximate surface area is 136 Å². The van der Waals surface area contributed by atoms with E-state index >= 15 is 0 Å². The summed E-state index contributed by atoms with van der Waals surface area (Å²) >= 11 is 0. The number of benzene rings is 1. The van der Waals surface area contributed by atoms with E-state index in [1.165, 1.54) is 6.07 Å². The maximum absolute atomic E-state index is 12.5. The van der Waals surface area contributed by atoms with Crippen LogP contribution in [0.1, 0.15) is 17.3 Å². The molecule has 1 atom stereocenters. The number of phenolic OH excluding ortho intramolecular Hbond substituents is 1. The molecule has 124 valence electrons. The fraction of sp³-hybridized carbons (Fsp3) is 0.529. The first-order valence-electron chi connectivity index (χ1n) is 8.14. The average Bonchev–Trinajstić information content (AvgIpc) is 2.52. The van der Waals surface area contributed by atoms with Crippen molar-refractivity contribution in [3.8, 4) is 5.75 Å². The zero-order chi connectivity index (χ0) is 16.4. The first-order chi connectivity index (χ1) is 11.1. The number of nitrogens with zero attached hydrogens (tertiary/aromatic N) is 2. The Balaban J connectivity index is 1.55. The zero-order valence-electron chi connectivity index (χ0n) is 13.4. The minimum absolute atomic E-state index is 0.0459. The second kappa shape index (κ2) is 6.58. The number of hydrogen-bond acceptors (Lipinski definition) is 4. The molecule has 1 aromatic rings. The topological polar surface area (TPSA) is 72.9 Å². The largest absolute Gasteiger partial charge is 0.508 e. The van der Waals surface area contributed by atoms with Gasteiger partial charge < -0.3 is 20.2 Å². The van der Waals surface area contributed by atoms with Crippen molar-refractivity contribution in [1.29, 1.82) is 0 Å². The summed E-state index contributed by atoms with van der Waals surface area (Å²) in [6, 6.07) is 6.39. The highest BCUT2D eigenvalue weighted by atomic mass is 16.3. The summed E-state index contributed by atoms with van der Waals surface area (Å²) in [5.41, 5.74) is 0.485. The molecule has 2 fully saturated rings. The lowest BCUT2D eigenvalue weighted by Gasteiger charge is -2.39. The second-order valence-corrected chi connectivity index (χ2v) is 6.37. The lowest BCUT2D eigenvalue weighted by molar-refractivity contribution is -0.138. The molecular weight excluding hydrogens is 294 g/mol. The van der Waals surface area contributed by atoms with Gasteiger partial charge in [0.1, 0.15) is 5.75 Å². The minimum Gasteiger partial charge on any atom is -0.508 e. The lowest BCUT2D eigenvalue weighted by atomic mass is 9.88. The molecule has 2 amide bonds. The van der Waals surface area contributed by atoms with Gasteiger partial charge in [-0.05, 0) is 37.2 Å². The fourth-order valence-electron chi connectivity index (χ4n) is 3.11. The Morgan fingerprint density at radius 2 is 1.83 bits per heavy atom. The van der Waals surface area contributed by atoms with Crippen LogP contribution < -0.4 is 5.32 Å². The van der Waals surface area contributed by atoms with Crippen molar-refractivity contribution in [3.63, 3.8) is 0 Å². The van der Waals surface area contributed by atoms with Crippen molar-refractivity contribution >= 4 is 11.8 Å². The molecule has 1 unspecified atom stereocenters. The summed E-state index contributed by atoms with van der Waals surface area (Å²) in [5.74, 6) is 0.678. The predicted octanol–water partition coefficient (Wildman–Crippen LogP) is 0.532. The van der Waals surface area contributed by atoms with E-state index in [1.807, 2.05) is 11.8 Å². The number of carbonyl (C=O) groups is 2. The number of carbonyl (C=O) groups excluding carboxylic acids is 2. The standard InChI is InChI=1S/C17H23N3O3/c1-12(14-10-18-11-14)16(22)19-5-7-20(8-6-19)17(23)13-3-2-4-15(21)9-13/h2-4,9,12,14,18,21H,5-8,10-11H2,1H3. The lowest BCUT2D eigenvalue weighted by Crippen LogP contribution is -2.55. The Morgan fingerprint density at radius 3 is 2.39 bits per heavy atom. The summed E-state index contributed by atoms with van der Waals surface area (Å²) in [7, 11) is 0. The van der Waals surface area contributed by atoms with Crippen LogP contribution in [0.25, 0.3) is 0 Å². The van der Waals surface area contributed by atoms with Crippen molar-refractivity contribution in [2.24, 2.45) is 11.8 Å². The van der Waals surface area contributed by atoms with Crippen LogP contribution in [0.15, 0.2) is 24.3 Å². The first-order valence-corrected chi connectivity index (χ1v) is 8.14. The van der Waals surface area contributed by atoms with E-state index in [-0.39, 0.29) is 23.5 Å². The smallest absolute Gasteiger partial charge is 0.254 e. The maximum Gasteiger partial charge on any atom is 0.254 e. The molecule has 2 aliphatic rings. The Morgan fingerprint density at radius 1 is 1.17 bits per heavy atom. The Bertz CT molecular complexity index is 593. The molecule has 0 bridgehead atoms. The number of phenols is 1. The van der Waals surface area contributed by atoms with Crippen LogP contribution in [0.4, 0.5) is 0 Å². The molecule has 2 N–H and O–H groups in total. The SMILES string of the molecule is CC(C(=O)N1CCN(C(=O)c2cccc(O)c2)CC1)C1CNC1. The van der Waals surface area contributed by atoms with E-state index in [1.54, 1.807) is 23.1 Å². The quantitative estimate of drug-likeness (QED) is 0.853. The first kappa shape index (κ1) is 15.8. The molecule has 2 heterocycles.